The number of nitrogens with two attached hydrogens (primary N) is 2. The van der Waals surface area contributed by atoms with E-state index in [1.165, 1.54) is 18.2 Å². The number of carbonyl (C=O) groups is 1. The van der Waals surface area contributed by atoms with E-state index in [0.717, 1.165) is 6.07 Å². The van der Waals surface area contributed by atoms with Gasteiger partial charge in [0.15, 0.2) is 0 Å². The molecule has 0 aliphatic heterocycles. The molecule has 0 aliphatic rings. The maximum atomic E-state index is 12.6. The SMILES string of the molecule is NCC(C(N)=O)c1ccccc1C(F)(F)F. The number of rotatable bonds is 3. The first-order valence-corrected chi connectivity index (χ1v) is 4.53. The molecule has 88 valence electrons. The number of carbonyl (C=O) groups excluding carboxylic acids is 1. The summed E-state index contributed by atoms with van der Waals surface area (Å²) >= 11 is 0. The van der Waals surface area contributed by atoms with Gasteiger partial charge in [-0.05, 0) is 11.6 Å². The van der Waals surface area contributed by atoms with E-state index in [-0.39, 0.29) is 12.1 Å². The van der Waals surface area contributed by atoms with E-state index in [1.54, 1.807) is 0 Å². The molecule has 0 radical (unpaired) electrons. The van der Waals surface area contributed by atoms with Crippen molar-refractivity contribution in [1.82, 2.24) is 0 Å². The molecule has 0 saturated carbocycles. The van der Waals surface area contributed by atoms with Crippen molar-refractivity contribution in [3.8, 4) is 0 Å². The van der Waals surface area contributed by atoms with Crippen molar-refractivity contribution < 1.29 is 18.0 Å². The Morgan fingerprint density at radius 3 is 2.31 bits per heavy atom. The lowest BCUT2D eigenvalue weighted by molar-refractivity contribution is -0.138. The smallest absolute Gasteiger partial charge is 0.369 e. The minimum absolute atomic E-state index is 0.176. The molecule has 1 rings (SSSR count). The Morgan fingerprint density at radius 2 is 1.88 bits per heavy atom. The predicted molar refractivity (Wildman–Crippen MR) is 52.4 cm³/mol. The van der Waals surface area contributed by atoms with E-state index in [2.05, 4.69) is 0 Å². The zero-order valence-corrected chi connectivity index (χ0v) is 8.29. The summed E-state index contributed by atoms with van der Waals surface area (Å²) in [6.07, 6.45) is -4.51. The van der Waals surface area contributed by atoms with Gasteiger partial charge < -0.3 is 11.5 Å². The molecule has 1 amide bonds. The van der Waals surface area contributed by atoms with Crippen LogP contribution < -0.4 is 11.5 Å². The van der Waals surface area contributed by atoms with Crippen molar-refractivity contribution in [2.24, 2.45) is 11.5 Å². The van der Waals surface area contributed by atoms with E-state index in [1.807, 2.05) is 0 Å². The lowest BCUT2D eigenvalue weighted by Gasteiger charge is -2.17. The van der Waals surface area contributed by atoms with Crippen LogP contribution in [0.15, 0.2) is 24.3 Å². The van der Waals surface area contributed by atoms with Crippen molar-refractivity contribution in [3.63, 3.8) is 0 Å². The van der Waals surface area contributed by atoms with Crippen LogP contribution in [0, 0.1) is 0 Å². The lowest BCUT2D eigenvalue weighted by atomic mass is 9.93. The third-order valence-electron chi connectivity index (χ3n) is 2.22. The quantitative estimate of drug-likeness (QED) is 0.823. The van der Waals surface area contributed by atoms with Crippen LogP contribution in [-0.2, 0) is 11.0 Å². The van der Waals surface area contributed by atoms with E-state index < -0.39 is 23.6 Å². The summed E-state index contributed by atoms with van der Waals surface area (Å²) in [4.78, 5) is 11.0. The van der Waals surface area contributed by atoms with Crippen LogP contribution in [0.25, 0.3) is 0 Å². The van der Waals surface area contributed by atoms with E-state index in [4.69, 9.17) is 11.5 Å². The summed E-state index contributed by atoms with van der Waals surface area (Å²) in [6.45, 7) is -0.248. The van der Waals surface area contributed by atoms with Crippen molar-refractivity contribution in [1.29, 1.82) is 0 Å². The molecular formula is C10H11F3N2O. The maximum absolute atomic E-state index is 12.6. The van der Waals surface area contributed by atoms with Crippen molar-refractivity contribution in [3.05, 3.63) is 35.4 Å². The average Bonchev–Trinajstić information content (AvgIpc) is 2.17. The summed E-state index contributed by atoms with van der Waals surface area (Å²) in [6, 6.07) is 4.78. The number of benzene rings is 1. The Balaban J connectivity index is 3.27. The molecule has 0 fully saturated rings. The summed E-state index contributed by atoms with van der Waals surface area (Å²) in [5, 5.41) is 0. The third-order valence-corrected chi connectivity index (χ3v) is 2.22. The highest BCUT2D eigenvalue weighted by molar-refractivity contribution is 5.82. The second-order valence-corrected chi connectivity index (χ2v) is 3.28. The van der Waals surface area contributed by atoms with Crippen molar-refractivity contribution >= 4 is 5.91 Å². The van der Waals surface area contributed by atoms with Crippen molar-refractivity contribution in [2.75, 3.05) is 6.54 Å². The molecule has 3 nitrogen and oxygen atoms in total. The summed E-state index contributed by atoms with van der Waals surface area (Å²) in [5.74, 6) is -1.97. The standard InChI is InChI=1S/C10H11F3N2O/c11-10(12,13)8-4-2-1-3-6(8)7(5-14)9(15)16/h1-4,7H,5,14H2,(H2,15,16). The van der Waals surface area contributed by atoms with Gasteiger partial charge in [-0.25, -0.2) is 0 Å². The van der Waals surface area contributed by atoms with Crippen LogP contribution in [0.5, 0.6) is 0 Å². The maximum Gasteiger partial charge on any atom is 0.416 e. The van der Waals surface area contributed by atoms with E-state index in [0.29, 0.717) is 0 Å². The molecule has 0 aliphatic carbocycles. The second kappa shape index (κ2) is 4.52. The van der Waals surface area contributed by atoms with Gasteiger partial charge in [-0.15, -0.1) is 0 Å². The highest BCUT2D eigenvalue weighted by Gasteiger charge is 2.35. The molecular weight excluding hydrogens is 221 g/mol. The third kappa shape index (κ3) is 2.52. The first-order valence-electron chi connectivity index (χ1n) is 4.53. The summed E-state index contributed by atoms with van der Waals surface area (Å²) in [7, 11) is 0. The molecule has 6 heteroatoms. The fourth-order valence-electron chi connectivity index (χ4n) is 1.46. The Hall–Kier alpha value is -1.56. The summed E-state index contributed by atoms with van der Waals surface area (Å²) < 4.78 is 37.8. The van der Waals surface area contributed by atoms with Gasteiger partial charge in [-0.1, -0.05) is 18.2 Å². The zero-order chi connectivity index (χ0) is 12.3. The number of hydrogen-bond acceptors (Lipinski definition) is 2. The van der Waals surface area contributed by atoms with E-state index >= 15 is 0 Å². The zero-order valence-electron chi connectivity index (χ0n) is 8.29. The molecule has 0 saturated heterocycles. The molecule has 4 N–H and O–H groups in total. The van der Waals surface area contributed by atoms with E-state index in [9.17, 15) is 18.0 Å². The van der Waals surface area contributed by atoms with Gasteiger partial charge in [0, 0.05) is 6.54 Å². The van der Waals surface area contributed by atoms with Gasteiger partial charge in [0.05, 0.1) is 11.5 Å². The molecule has 0 spiro atoms. The first kappa shape index (κ1) is 12.5. The van der Waals surface area contributed by atoms with Gasteiger partial charge in [0.1, 0.15) is 0 Å². The summed E-state index contributed by atoms with van der Waals surface area (Å²) in [5.41, 5.74) is 9.21. The van der Waals surface area contributed by atoms with Crippen LogP contribution >= 0.6 is 0 Å². The number of amides is 1. The van der Waals surface area contributed by atoms with Crippen LogP contribution in [0.2, 0.25) is 0 Å². The van der Waals surface area contributed by atoms with Gasteiger partial charge >= 0.3 is 6.18 Å². The largest absolute Gasteiger partial charge is 0.416 e. The lowest BCUT2D eigenvalue weighted by Crippen LogP contribution is -2.29. The molecule has 0 heterocycles. The molecule has 0 aromatic heterocycles. The Bertz CT molecular complexity index is 390. The Kier molecular flexibility index (Phi) is 3.54. The van der Waals surface area contributed by atoms with Gasteiger partial charge in [0.2, 0.25) is 5.91 Å². The van der Waals surface area contributed by atoms with Crippen LogP contribution in [0.3, 0.4) is 0 Å². The fraction of sp³-hybridized carbons (Fsp3) is 0.300. The Morgan fingerprint density at radius 1 is 1.31 bits per heavy atom. The number of alkyl halides is 3. The predicted octanol–water partition coefficient (Wildman–Crippen LogP) is 1.23. The molecule has 0 bridgehead atoms. The molecule has 1 aromatic carbocycles. The molecule has 16 heavy (non-hydrogen) atoms. The monoisotopic (exact) mass is 232 g/mol. The highest BCUT2D eigenvalue weighted by atomic mass is 19.4. The molecule has 1 unspecified atom stereocenters. The van der Waals surface area contributed by atoms with Gasteiger partial charge in [0.25, 0.3) is 0 Å². The van der Waals surface area contributed by atoms with Crippen LogP contribution in [-0.4, -0.2) is 12.5 Å². The number of halogens is 3. The Labute approximate surface area is 90.2 Å². The van der Waals surface area contributed by atoms with Crippen LogP contribution in [0.1, 0.15) is 17.0 Å². The number of primary amides is 1. The normalized spacial score (nSPS) is 13.5. The molecule has 1 aromatic rings. The highest BCUT2D eigenvalue weighted by Crippen LogP contribution is 2.34. The average molecular weight is 232 g/mol. The second-order valence-electron chi connectivity index (χ2n) is 3.28. The fourth-order valence-corrected chi connectivity index (χ4v) is 1.46. The van der Waals surface area contributed by atoms with Gasteiger partial charge in [-0.3, -0.25) is 4.79 Å². The van der Waals surface area contributed by atoms with Crippen LogP contribution in [0.4, 0.5) is 13.2 Å². The minimum atomic E-state index is -4.51. The molecule has 1 atom stereocenters. The topological polar surface area (TPSA) is 69.1 Å². The minimum Gasteiger partial charge on any atom is -0.369 e. The first-order chi connectivity index (χ1) is 7.38. The van der Waals surface area contributed by atoms with Gasteiger partial charge in [-0.2, -0.15) is 13.2 Å². The number of hydrogen-bond donors (Lipinski definition) is 2. The van der Waals surface area contributed by atoms with Crippen molar-refractivity contribution in [2.45, 2.75) is 12.1 Å².